The van der Waals surface area contributed by atoms with Crippen LogP contribution in [0.2, 0.25) is 5.02 Å². The third kappa shape index (κ3) is 6.02. The smallest absolute Gasteiger partial charge is 0.271 e. The molecule has 1 aliphatic heterocycles. The third-order valence-corrected chi connectivity index (χ3v) is 6.59. The number of nitro groups is 1. The van der Waals surface area contributed by atoms with E-state index in [9.17, 15) is 14.9 Å². The lowest BCUT2D eigenvalue weighted by Gasteiger charge is -2.13. The predicted octanol–water partition coefficient (Wildman–Crippen LogP) is 6.49. The first kappa shape index (κ1) is 24.8. The van der Waals surface area contributed by atoms with E-state index < -0.39 is 4.92 Å². The van der Waals surface area contributed by atoms with Gasteiger partial charge in [-0.3, -0.25) is 14.9 Å². The summed E-state index contributed by atoms with van der Waals surface area (Å²) in [5.74, 6) is 0.737. The average Bonchev–Trinajstić information content (AvgIpc) is 3.18. The number of nitrogens with zero attached hydrogens (tertiary/aromatic N) is 2. The van der Waals surface area contributed by atoms with Gasteiger partial charge < -0.3 is 14.8 Å². The summed E-state index contributed by atoms with van der Waals surface area (Å²) in [7, 11) is 1.55. The predicted molar refractivity (Wildman–Crippen MR) is 140 cm³/mol. The lowest BCUT2D eigenvalue weighted by atomic mass is 10.2. The fourth-order valence-corrected chi connectivity index (χ4v) is 4.76. The highest BCUT2D eigenvalue weighted by atomic mass is 79.9. The summed E-state index contributed by atoms with van der Waals surface area (Å²) in [5.41, 5.74) is 1.91. The van der Waals surface area contributed by atoms with Gasteiger partial charge in [-0.25, -0.2) is 4.99 Å². The monoisotopic (exact) mass is 573 g/mol. The molecule has 1 amide bonds. The van der Waals surface area contributed by atoms with Gasteiger partial charge in [0.25, 0.3) is 11.6 Å². The number of methoxy groups -OCH3 is 1. The van der Waals surface area contributed by atoms with Crippen LogP contribution in [0, 0.1) is 10.1 Å². The second-order valence-corrected chi connectivity index (χ2v) is 9.48. The van der Waals surface area contributed by atoms with Gasteiger partial charge >= 0.3 is 0 Å². The molecule has 4 rings (SSSR count). The van der Waals surface area contributed by atoms with Crippen LogP contribution in [-0.2, 0) is 11.4 Å². The van der Waals surface area contributed by atoms with Crippen molar-refractivity contribution in [3.05, 3.63) is 96.3 Å². The van der Waals surface area contributed by atoms with Crippen LogP contribution < -0.4 is 14.8 Å². The summed E-state index contributed by atoms with van der Waals surface area (Å²) >= 11 is 10.8. The SMILES string of the molecule is COc1cc(/C=C2/SC(=Nc3ccc([N+](=O)[O-])cc3Cl)NC2=O)cc(Br)c1OCc1ccccc1. The zero-order valence-corrected chi connectivity index (χ0v) is 21.3. The summed E-state index contributed by atoms with van der Waals surface area (Å²) in [6.45, 7) is 0.375. The molecule has 3 aromatic rings. The number of ether oxygens (including phenoxy) is 2. The van der Waals surface area contributed by atoms with E-state index in [-0.39, 0.29) is 16.6 Å². The highest BCUT2D eigenvalue weighted by Gasteiger charge is 2.25. The van der Waals surface area contributed by atoms with E-state index >= 15 is 0 Å². The molecule has 11 heteroatoms. The number of amidine groups is 1. The van der Waals surface area contributed by atoms with E-state index in [0.29, 0.717) is 43.9 Å². The van der Waals surface area contributed by atoms with Crippen molar-refractivity contribution < 1.29 is 19.2 Å². The number of nitrogens with one attached hydrogen (secondary N) is 1. The van der Waals surface area contributed by atoms with Crippen LogP contribution in [0.5, 0.6) is 11.5 Å². The molecule has 0 saturated carbocycles. The summed E-state index contributed by atoms with van der Waals surface area (Å²) in [6, 6.07) is 17.3. The maximum atomic E-state index is 12.5. The third-order valence-electron chi connectivity index (χ3n) is 4.79. The molecule has 0 bridgehead atoms. The van der Waals surface area contributed by atoms with Gasteiger partial charge in [0, 0.05) is 12.1 Å². The van der Waals surface area contributed by atoms with Gasteiger partial charge in [0.1, 0.15) is 6.61 Å². The maximum absolute atomic E-state index is 12.5. The number of carbonyl (C=O) groups is 1. The molecule has 3 aromatic carbocycles. The van der Waals surface area contributed by atoms with Gasteiger partial charge in [-0.2, -0.15) is 0 Å². The van der Waals surface area contributed by atoms with E-state index in [1.165, 1.54) is 18.2 Å². The van der Waals surface area contributed by atoms with Gasteiger partial charge in [-0.15, -0.1) is 0 Å². The van der Waals surface area contributed by atoms with Gasteiger partial charge in [-0.05, 0) is 63.1 Å². The minimum absolute atomic E-state index is 0.110. The normalized spacial score (nSPS) is 15.3. The molecule has 0 aromatic heterocycles. The molecule has 0 aliphatic carbocycles. The van der Waals surface area contributed by atoms with Gasteiger partial charge in [-0.1, -0.05) is 41.9 Å². The minimum Gasteiger partial charge on any atom is -0.493 e. The number of hydrogen-bond acceptors (Lipinski definition) is 7. The molecule has 8 nitrogen and oxygen atoms in total. The zero-order chi connectivity index (χ0) is 24.9. The molecule has 178 valence electrons. The van der Waals surface area contributed by atoms with Crippen molar-refractivity contribution in [2.75, 3.05) is 7.11 Å². The molecular weight excluding hydrogens is 558 g/mol. The second kappa shape index (κ2) is 10.9. The van der Waals surface area contributed by atoms with E-state index in [0.717, 1.165) is 17.3 Å². The zero-order valence-electron chi connectivity index (χ0n) is 18.2. The topological polar surface area (TPSA) is 103 Å². The first-order valence-corrected chi connectivity index (χ1v) is 12.1. The number of rotatable bonds is 7. The van der Waals surface area contributed by atoms with Crippen LogP contribution >= 0.6 is 39.3 Å². The van der Waals surface area contributed by atoms with Crippen molar-refractivity contribution in [2.24, 2.45) is 4.99 Å². The summed E-state index contributed by atoms with van der Waals surface area (Å²) in [5, 5.41) is 14.0. The number of aliphatic imine (C=N–C) groups is 1. The van der Waals surface area contributed by atoms with Crippen molar-refractivity contribution in [3.63, 3.8) is 0 Å². The first-order chi connectivity index (χ1) is 16.8. The highest BCUT2D eigenvalue weighted by molar-refractivity contribution is 9.10. The number of thioether (sulfide) groups is 1. The number of nitro benzene ring substituents is 1. The Labute approximate surface area is 218 Å². The number of carbonyl (C=O) groups excluding carboxylic acids is 1. The molecule has 1 N–H and O–H groups in total. The maximum Gasteiger partial charge on any atom is 0.271 e. The van der Waals surface area contributed by atoms with Gasteiger partial charge in [0.15, 0.2) is 16.7 Å². The number of non-ortho nitro benzene ring substituents is 1. The Kier molecular flexibility index (Phi) is 7.74. The Bertz CT molecular complexity index is 1360. The molecule has 35 heavy (non-hydrogen) atoms. The lowest BCUT2D eigenvalue weighted by molar-refractivity contribution is -0.384. The van der Waals surface area contributed by atoms with Crippen LogP contribution in [0.25, 0.3) is 6.08 Å². The van der Waals surface area contributed by atoms with Crippen LogP contribution in [-0.4, -0.2) is 23.1 Å². The van der Waals surface area contributed by atoms with Crippen LogP contribution in [0.4, 0.5) is 11.4 Å². The fraction of sp³-hybridized carbons (Fsp3) is 0.0833. The number of halogens is 2. The number of hydrogen-bond donors (Lipinski definition) is 1. The Morgan fingerprint density at radius 1 is 1.20 bits per heavy atom. The quantitative estimate of drug-likeness (QED) is 0.197. The molecule has 0 spiro atoms. The number of amides is 1. The average molecular weight is 575 g/mol. The number of benzene rings is 3. The lowest BCUT2D eigenvalue weighted by Crippen LogP contribution is -2.19. The fourth-order valence-electron chi connectivity index (χ4n) is 3.13. The van der Waals surface area contributed by atoms with E-state index in [4.69, 9.17) is 21.1 Å². The summed E-state index contributed by atoms with van der Waals surface area (Å²) < 4.78 is 12.1. The molecule has 1 aliphatic rings. The summed E-state index contributed by atoms with van der Waals surface area (Å²) in [6.07, 6.45) is 1.70. The Hall–Kier alpha value is -3.34. The summed E-state index contributed by atoms with van der Waals surface area (Å²) in [4.78, 5) is 27.6. The molecule has 1 fully saturated rings. The van der Waals surface area contributed by atoms with Crippen molar-refractivity contribution in [2.45, 2.75) is 6.61 Å². The van der Waals surface area contributed by atoms with Crippen LogP contribution in [0.1, 0.15) is 11.1 Å². The van der Waals surface area contributed by atoms with Gasteiger partial charge in [0.2, 0.25) is 0 Å². The van der Waals surface area contributed by atoms with E-state index in [2.05, 4.69) is 26.2 Å². The molecule has 1 saturated heterocycles. The van der Waals surface area contributed by atoms with Crippen molar-refractivity contribution in [1.82, 2.24) is 5.32 Å². The molecule has 1 heterocycles. The van der Waals surface area contributed by atoms with Crippen LogP contribution in [0.15, 0.2) is 75.0 Å². The van der Waals surface area contributed by atoms with E-state index in [1.807, 2.05) is 36.4 Å². The minimum atomic E-state index is -0.542. The van der Waals surface area contributed by atoms with Crippen molar-refractivity contribution in [1.29, 1.82) is 0 Å². The standard InChI is InChI=1S/C24H17BrClN3O5S/c1-33-20-10-15(9-17(25)22(20)34-13-14-5-3-2-4-6-14)11-21-23(30)28-24(35-21)27-19-8-7-16(29(31)32)12-18(19)26/h2-12H,13H2,1H3,(H,27,28,30)/b21-11+. The molecular formula is C24H17BrClN3O5S. The largest absolute Gasteiger partial charge is 0.493 e. The second-order valence-electron chi connectivity index (χ2n) is 7.18. The molecule has 0 unspecified atom stereocenters. The Morgan fingerprint density at radius 2 is 1.97 bits per heavy atom. The van der Waals surface area contributed by atoms with E-state index in [1.54, 1.807) is 19.3 Å². The van der Waals surface area contributed by atoms with Crippen molar-refractivity contribution >= 4 is 67.8 Å². The van der Waals surface area contributed by atoms with Crippen LogP contribution in [0.3, 0.4) is 0 Å². The van der Waals surface area contributed by atoms with Crippen molar-refractivity contribution in [3.8, 4) is 11.5 Å². The Morgan fingerprint density at radius 3 is 2.66 bits per heavy atom. The van der Waals surface area contributed by atoms with Gasteiger partial charge in [0.05, 0.1) is 32.1 Å². The highest BCUT2D eigenvalue weighted by Crippen LogP contribution is 2.39. The first-order valence-electron chi connectivity index (χ1n) is 10.1. The molecule has 0 atom stereocenters. The molecule has 0 radical (unpaired) electrons. The Balaban J connectivity index is 1.54.